The number of benzene rings is 1. The molecule has 0 spiro atoms. The fraction of sp³-hybridized carbons (Fsp3) is 0.353. The molecule has 1 fully saturated rings. The fourth-order valence-corrected chi connectivity index (χ4v) is 3.52. The van der Waals surface area contributed by atoms with E-state index >= 15 is 0 Å². The van der Waals surface area contributed by atoms with Gasteiger partial charge in [0.2, 0.25) is 0 Å². The van der Waals surface area contributed by atoms with Gasteiger partial charge in [-0.1, -0.05) is 24.3 Å². The van der Waals surface area contributed by atoms with Crippen LogP contribution in [0.4, 0.5) is 0 Å². The SMILES string of the molecule is C[C@H](c1ccc(-c2csc(C(N)=O)c2)cc1)N1CCOCC1. The predicted octanol–water partition coefficient (Wildman–Crippen LogP) is 2.91. The van der Waals surface area contributed by atoms with Crippen LogP contribution in [-0.4, -0.2) is 37.1 Å². The number of nitrogens with two attached hydrogens (primary N) is 1. The van der Waals surface area contributed by atoms with Crippen LogP contribution in [0.3, 0.4) is 0 Å². The standard InChI is InChI=1S/C17H20N2O2S/c1-12(19-6-8-21-9-7-19)13-2-4-14(5-3-13)15-10-16(17(18)20)22-11-15/h2-5,10-12H,6-9H2,1H3,(H2,18,20)/t12-/m1/s1. The molecule has 116 valence electrons. The van der Waals surface area contributed by atoms with Crippen molar-refractivity contribution in [2.24, 2.45) is 5.73 Å². The highest BCUT2D eigenvalue weighted by Crippen LogP contribution is 2.28. The highest BCUT2D eigenvalue weighted by Gasteiger charge is 2.18. The fourth-order valence-electron chi connectivity index (χ4n) is 2.75. The second-order valence-electron chi connectivity index (χ2n) is 5.51. The zero-order chi connectivity index (χ0) is 15.5. The van der Waals surface area contributed by atoms with Crippen LogP contribution in [0.25, 0.3) is 11.1 Å². The van der Waals surface area contributed by atoms with Crippen molar-refractivity contribution in [2.75, 3.05) is 26.3 Å². The molecule has 4 nitrogen and oxygen atoms in total. The lowest BCUT2D eigenvalue weighted by Crippen LogP contribution is -2.37. The minimum atomic E-state index is -0.367. The van der Waals surface area contributed by atoms with Gasteiger partial charge in [0.1, 0.15) is 0 Å². The molecule has 0 bridgehead atoms. The van der Waals surface area contributed by atoms with E-state index in [-0.39, 0.29) is 5.91 Å². The van der Waals surface area contributed by atoms with Crippen LogP contribution in [0, 0.1) is 0 Å². The number of nitrogens with zero attached hydrogens (tertiary/aromatic N) is 1. The van der Waals surface area contributed by atoms with E-state index in [1.54, 1.807) is 0 Å². The van der Waals surface area contributed by atoms with Gasteiger partial charge in [0.05, 0.1) is 18.1 Å². The van der Waals surface area contributed by atoms with Crippen LogP contribution < -0.4 is 5.73 Å². The average Bonchev–Trinajstić information content (AvgIpc) is 3.05. The molecule has 0 radical (unpaired) electrons. The summed E-state index contributed by atoms with van der Waals surface area (Å²) in [5.74, 6) is -0.367. The summed E-state index contributed by atoms with van der Waals surface area (Å²) in [6.07, 6.45) is 0. The van der Waals surface area contributed by atoms with Crippen LogP contribution in [0.15, 0.2) is 35.7 Å². The van der Waals surface area contributed by atoms with Crippen molar-refractivity contribution < 1.29 is 9.53 Å². The van der Waals surface area contributed by atoms with Gasteiger partial charge < -0.3 is 10.5 Å². The molecule has 1 aliphatic heterocycles. The van der Waals surface area contributed by atoms with Gasteiger partial charge in [-0.05, 0) is 35.1 Å². The van der Waals surface area contributed by atoms with Crippen molar-refractivity contribution in [1.82, 2.24) is 4.90 Å². The van der Waals surface area contributed by atoms with Gasteiger partial charge in [0.15, 0.2) is 0 Å². The van der Waals surface area contributed by atoms with Gasteiger partial charge in [0, 0.05) is 19.1 Å². The first-order valence-electron chi connectivity index (χ1n) is 7.45. The van der Waals surface area contributed by atoms with Crippen molar-refractivity contribution in [3.05, 3.63) is 46.2 Å². The van der Waals surface area contributed by atoms with E-state index in [4.69, 9.17) is 10.5 Å². The van der Waals surface area contributed by atoms with Crippen LogP contribution in [0.5, 0.6) is 0 Å². The Balaban J connectivity index is 1.75. The van der Waals surface area contributed by atoms with E-state index in [9.17, 15) is 4.79 Å². The van der Waals surface area contributed by atoms with Gasteiger partial charge in [-0.2, -0.15) is 0 Å². The topological polar surface area (TPSA) is 55.6 Å². The van der Waals surface area contributed by atoms with Crippen LogP contribution >= 0.6 is 11.3 Å². The molecule has 1 aromatic carbocycles. The van der Waals surface area contributed by atoms with E-state index in [1.807, 2.05) is 11.4 Å². The largest absolute Gasteiger partial charge is 0.379 e. The molecule has 0 aliphatic carbocycles. The van der Waals surface area contributed by atoms with Crippen molar-refractivity contribution in [2.45, 2.75) is 13.0 Å². The van der Waals surface area contributed by atoms with E-state index < -0.39 is 0 Å². The number of primary amides is 1. The van der Waals surface area contributed by atoms with E-state index in [1.165, 1.54) is 16.9 Å². The zero-order valence-corrected chi connectivity index (χ0v) is 13.4. The van der Waals surface area contributed by atoms with Gasteiger partial charge in [-0.15, -0.1) is 11.3 Å². The Morgan fingerprint density at radius 3 is 2.50 bits per heavy atom. The highest BCUT2D eigenvalue weighted by atomic mass is 32.1. The van der Waals surface area contributed by atoms with Crippen LogP contribution in [0.1, 0.15) is 28.2 Å². The van der Waals surface area contributed by atoms with Crippen molar-refractivity contribution >= 4 is 17.2 Å². The monoisotopic (exact) mass is 316 g/mol. The maximum atomic E-state index is 11.2. The molecule has 1 aliphatic rings. The van der Waals surface area contributed by atoms with Crippen molar-refractivity contribution in [3.63, 3.8) is 0 Å². The normalized spacial score (nSPS) is 17.3. The van der Waals surface area contributed by atoms with Crippen LogP contribution in [0.2, 0.25) is 0 Å². The molecular weight excluding hydrogens is 296 g/mol. The third kappa shape index (κ3) is 3.21. The quantitative estimate of drug-likeness (QED) is 0.943. The smallest absolute Gasteiger partial charge is 0.258 e. The number of carbonyl (C=O) groups excluding carboxylic acids is 1. The lowest BCUT2D eigenvalue weighted by Gasteiger charge is -2.32. The molecule has 2 aromatic rings. The molecule has 0 unspecified atom stereocenters. The molecule has 2 N–H and O–H groups in total. The second-order valence-corrected chi connectivity index (χ2v) is 6.42. The van der Waals surface area contributed by atoms with Gasteiger partial charge >= 0.3 is 0 Å². The summed E-state index contributed by atoms with van der Waals surface area (Å²) < 4.78 is 5.41. The number of hydrogen-bond acceptors (Lipinski definition) is 4. The van der Waals surface area contributed by atoms with E-state index in [0.29, 0.717) is 10.9 Å². The number of amides is 1. The number of rotatable bonds is 4. The molecule has 5 heteroatoms. The van der Waals surface area contributed by atoms with Gasteiger partial charge in [0.25, 0.3) is 5.91 Å². The van der Waals surface area contributed by atoms with E-state index in [0.717, 1.165) is 37.4 Å². The van der Waals surface area contributed by atoms with Gasteiger partial charge in [-0.25, -0.2) is 0 Å². The van der Waals surface area contributed by atoms with E-state index in [2.05, 4.69) is 36.1 Å². The summed E-state index contributed by atoms with van der Waals surface area (Å²) in [5, 5.41) is 1.97. The first-order valence-corrected chi connectivity index (χ1v) is 8.33. The summed E-state index contributed by atoms with van der Waals surface area (Å²) in [5.41, 5.74) is 8.77. The maximum Gasteiger partial charge on any atom is 0.258 e. The highest BCUT2D eigenvalue weighted by molar-refractivity contribution is 7.12. The van der Waals surface area contributed by atoms with Crippen LogP contribution in [-0.2, 0) is 4.74 Å². The van der Waals surface area contributed by atoms with Crippen molar-refractivity contribution in [1.29, 1.82) is 0 Å². The molecule has 1 aromatic heterocycles. The molecule has 1 atom stereocenters. The summed E-state index contributed by atoms with van der Waals surface area (Å²) in [4.78, 5) is 14.2. The number of hydrogen-bond donors (Lipinski definition) is 1. The summed E-state index contributed by atoms with van der Waals surface area (Å²) in [6, 6.07) is 10.8. The third-order valence-electron chi connectivity index (χ3n) is 4.16. The van der Waals surface area contributed by atoms with Gasteiger partial charge in [-0.3, -0.25) is 9.69 Å². The average molecular weight is 316 g/mol. The Kier molecular flexibility index (Phi) is 4.57. The Morgan fingerprint density at radius 2 is 1.91 bits per heavy atom. The molecule has 0 saturated carbocycles. The first-order chi connectivity index (χ1) is 10.6. The minimum absolute atomic E-state index is 0.367. The first kappa shape index (κ1) is 15.2. The summed E-state index contributed by atoms with van der Waals surface area (Å²) in [7, 11) is 0. The maximum absolute atomic E-state index is 11.2. The molecule has 1 saturated heterocycles. The minimum Gasteiger partial charge on any atom is -0.379 e. The number of carbonyl (C=O) groups is 1. The molecule has 1 amide bonds. The summed E-state index contributed by atoms with van der Waals surface area (Å²) in [6.45, 7) is 5.82. The molecule has 22 heavy (non-hydrogen) atoms. The van der Waals surface area contributed by atoms with Crippen molar-refractivity contribution in [3.8, 4) is 11.1 Å². The molecular formula is C17H20N2O2S. The molecule has 2 heterocycles. The number of morpholine rings is 1. The number of thiophene rings is 1. The second kappa shape index (κ2) is 6.60. The third-order valence-corrected chi connectivity index (χ3v) is 5.11. The summed E-state index contributed by atoms with van der Waals surface area (Å²) >= 11 is 1.39. The Labute approximate surface area is 134 Å². The lowest BCUT2D eigenvalue weighted by molar-refractivity contribution is 0.0198. The predicted molar refractivity (Wildman–Crippen MR) is 89.1 cm³/mol. The Hall–Kier alpha value is -1.69. The lowest BCUT2D eigenvalue weighted by atomic mass is 10.0. The zero-order valence-electron chi connectivity index (χ0n) is 12.6. The Morgan fingerprint density at radius 1 is 1.23 bits per heavy atom. The number of ether oxygens (including phenoxy) is 1. The Bertz CT molecular complexity index is 645. The molecule has 3 rings (SSSR count).